The van der Waals surface area contributed by atoms with Crippen LogP contribution in [0.1, 0.15) is 41.4 Å². The van der Waals surface area contributed by atoms with Crippen LogP contribution in [0.2, 0.25) is 10.0 Å². The van der Waals surface area contributed by atoms with Gasteiger partial charge in [-0.05, 0) is 74.0 Å². The summed E-state index contributed by atoms with van der Waals surface area (Å²) in [6.07, 6.45) is 0. The van der Waals surface area contributed by atoms with Gasteiger partial charge in [-0.1, -0.05) is 35.3 Å². The maximum atomic E-state index is 12.8. The highest BCUT2D eigenvalue weighted by Crippen LogP contribution is 2.24. The Kier molecular flexibility index (Phi) is 7.61. The summed E-state index contributed by atoms with van der Waals surface area (Å²) in [6.45, 7) is 4.64. The lowest BCUT2D eigenvalue weighted by Gasteiger charge is -2.16. The van der Waals surface area contributed by atoms with E-state index >= 15 is 0 Å². The Morgan fingerprint density at radius 2 is 1.57 bits per heavy atom. The van der Waals surface area contributed by atoms with Gasteiger partial charge in [0.2, 0.25) is 0 Å². The van der Waals surface area contributed by atoms with Crippen LogP contribution < -0.4 is 14.8 Å². The largest absolute Gasteiger partial charge is 0.493 e. The van der Waals surface area contributed by atoms with Crippen LogP contribution in [0.25, 0.3) is 0 Å². The van der Waals surface area contributed by atoms with Gasteiger partial charge in [0.15, 0.2) is 0 Å². The quantitative estimate of drug-likeness (QED) is 0.434. The van der Waals surface area contributed by atoms with Gasteiger partial charge in [-0.3, -0.25) is 4.79 Å². The molecule has 0 heterocycles. The van der Waals surface area contributed by atoms with Crippen molar-refractivity contribution in [3.8, 4) is 11.5 Å². The Hall–Kier alpha value is -2.69. The molecule has 0 aromatic heterocycles. The summed E-state index contributed by atoms with van der Waals surface area (Å²) in [4.78, 5) is 12.8. The van der Waals surface area contributed by atoms with E-state index < -0.39 is 0 Å². The number of carbonyl (C=O) groups is 1. The molecule has 1 atom stereocenters. The van der Waals surface area contributed by atoms with E-state index in [-0.39, 0.29) is 18.6 Å². The molecule has 156 valence electrons. The topological polar surface area (TPSA) is 47.6 Å². The smallest absolute Gasteiger partial charge is 0.251 e. The van der Waals surface area contributed by atoms with Crippen molar-refractivity contribution >= 4 is 29.1 Å². The van der Waals surface area contributed by atoms with Crippen LogP contribution in [-0.2, 0) is 6.61 Å². The van der Waals surface area contributed by atoms with Crippen molar-refractivity contribution in [2.45, 2.75) is 26.5 Å². The van der Waals surface area contributed by atoms with Gasteiger partial charge in [0.25, 0.3) is 5.91 Å². The highest BCUT2D eigenvalue weighted by molar-refractivity contribution is 6.30. The van der Waals surface area contributed by atoms with Crippen molar-refractivity contribution in [2.75, 3.05) is 6.61 Å². The second-order valence-corrected chi connectivity index (χ2v) is 7.62. The first-order valence-electron chi connectivity index (χ1n) is 9.66. The second kappa shape index (κ2) is 10.4. The number of hydrogen-bond acceptors (Lipinski definition) is 3. The first-order valence-corrected chi connectivity index (χ1v) is 10.4. The zero-order chi connectivity index (χ0) is 21.5. The molecule has 0 aliphatic rings. The number of rotatable bonds is 8. The second-order valence-electron chi connectivity index (χ2n) is 6.74. The molecule has 6 heteroatoms. The van der Waals surface area contributed by atoms with E-state index in [0.717, 1.165) is 11.1 Å². The van der Waals surface area contributed by atoms with Crippen LogP contribution in [-0.4, -0.2) is 12.5 Å². The van der Waals surface area contributed by atoms with E-state index in [1.807, 2.05) is 38.1 Å². The zero-order valence-electron chi connectivity index (χ0n) is 16.8. The number of nitrogens with one attached hydrogen (secondary N) is 1. The van der Waals surface area contributed by atoms with Gasteiger partial charge < -0.3 is 14.8 Å². The Morgan fingerprint density at radius 3 is 2.20 bits per heavy atom. The summed E-state index contributed by atoms with van der Waals surface area (Å²) in [7, 11) is 0. The SMILES string of the molecule is CCOc1ccc(C(=O)N[C@H](C)c2ccc(Cl)cc2)cc1COc1ccc(Cl)cc1. The third-order valence-corrected chi connectivity index (χ3v) is 5.05. The van der Waals surface area contributed by atoms with Crippen LogP contribution in [0, 0.1) is 0 Å². The normalized spacial score (nSPS) is 11.6. The van der Waals surface area contributed by atoms with Crippen molar-refractivity contribution in [1.29, 1.82) is 0 Å². The zero-order valence-corrected chi connectivity index (χ0v) is 18.3. The summed E-state index contributed by atoms with van der Waals surface area (Å²) in [5.41, 5.74) is 2.30. The third kappa shape index (κ3) is 5.91. The predicted octanol–water partition coefficient (Wildman–Crippen LogP) is 6.46. The number of halogens is 2. The van der Waals surface area contributed by atoms with Crippen LogP contribution >= 0.6 is 23.2 Å². The average molecular weight is 444 g/mol. The average Bonchev–Trinajstić information content (AvgIpc) is 2.74. The number of carbonyl (C=O) groups excluding carboxylic acids is 1. The third-order valence-electron chi connectivity index (χ3n) is 4.55. The van der Waals surface area contributed by atoms with E-state index in [1.165, 1.54) is 0 Å². The van der Waals surface area contributed by atoms with E-state index in [2.05, 4.69) is 5.32 Å². The molecule has 0 radical (unpaired) electrons. The molecule has 0 saturated carbocycles. The van der Waals surface area contributed by atoms with E-state index in [4.69, 9.17) is 32.7 Å². The Morgan fingerprint density at radius 1 is 0.933 bits per heavy atom. The van der Waals surface area contributed by atoms with Crippen LogP contribution in [0.4, 0.5) is 0 Å². The van der Waals surface area contributed by atoms with Crippen molar-refractivity contribution in [3.05, 3.63) is 93.5 Å². The van der Waals surface area contributed by atoms with Crippen molar-refractivity contribution in [2.24, 2.45) is 0 Å². The minimum absolute atomic E-state index is 0.157. The fraction of sp³-hybridized carbons (Fsp3) is 0.208. The summed E-state index contributed by atoms with van der Waals surface area (Å²) in [6, 6.07) is 19.7. The molecule has 3 rings (SSSR count). The molecule has 30 heavy (non-hydrogen) atoms. The molecule has 1 amide bonds. The highest BCUT2D eigenvalue weighted by atomic mass is 35.5. The molecule has 0 fully saturated rings. The van der Waals surface area contributed by atoms with Gasteiger partial charge >= 0.3 is 0 Å². The maximum absolute atomic E-state index is 12.8. The number of hydrogen-bond donors (Lipinski definition) is 1. The molecule has 1 N–H and O–H groups in total. The molecular formula is C24H23Cl2NO3. The summed E-state index contributed by atoms with van der Waals surface area (Å²) >= 11 is 11.9. The first-order chi connectivity index (χ1) is 14.5. The summed E-state index contributed by atoms with van der Waals surface area (Å²) < 4.78 is 11.5. The monoisotopic (exact) mass is 443 g/mol. The lowest BCUT2D eigenvalue weighted by atomic mass is 10.1. The van der Waals surface area contributed by atoms with Crippen LogP contribution in [0.5, 0.6) is 11.5 Å². The van der Waals surface area contributed by atoms with Gasteiger partial charge in [-0.2, -0.15) is 0 Å². The number of benzene rings is 3. The van der Waals surface area contributed by atoms with Crippen molar-refractivity contribution in [1.82, 2.24) is 5.32 Å². The van der Waals surface area contributed by atoms with Crippen molar-refractivity contribution < 1.29 is 14.3 Å². The Bertz CT molecular complexity index is 988. The van der Waals surface area contributed by atoms with Gasteiger partial charge in [-0.25, -0.2) is 0 Å². The molecule has 4 nitrogen and oxygen atoms in total. The Labute approximate surface area is 186 Å². The van der Waals surface area contributed by atoms with E-state index in [1.54, 1.807) is 42.5 Å². The fourth-order valence-corrected chi connectivity index (χ4v) is 3.19. The molecule has 0 spiro atoms. The van der Waals surface area contributed by atoms with Gasteiger partial charge in [0, 0.05) is 21.2 Å². The molecule has 0 bridgehead atoms. The minimum atomic E-state index is -0.173. The predicted molar refractivity (Wildman–Crippen MR) is 121 cm³/mol. The van der Waals surface area contributed by atoms with E-state index in [0.29, 0.717) is 33.7 Å². The summed E-state index contributed by atoms with van der Waals surface area (Å²) in [5, 5.41) is 4.32. The molecule has 0 saturated heterocycles. The fourth-order valence-electron chi connectivity index (χ4n) is 2.94. The lowest BCUT2D eigenvalue weighted by molar-refractivity contribution is 0.0939. The lowest BCUT2D eigenvalue weighted by Crippen LogP contribution is -2.26. The minimum Gasteiger partial charge on any atom is -0.493 e. The molecule has 0 aliphatic heterocycles. The maximum Gasteiger partial charge on any atom is 0.251 e. The van der Waals surface area contributed by atoms with Crippen LogP contribution in [0.3, 0.4) is 0 Å². The van der Waals surface area contributed by atoms with Gasteiger partial charge in [0.05, 0.1) is 12.6 Å². The summed E-state index contributed by atoms with van der Waals surface area (Å²) in [5.74, 6) is 1.20. The van der Waals surface area contributed by atoms with Crippen LogP contribution in [0.15, 0.2) is 66.7 Å². The number of amides is 1. The molecular weight excluding hydrogens is 421 g/mol. The number of ether oxygens (including phenoxy) is 2. The first kappa shape index (κ1) is 22.0. The van der Waals surface area contributed by atoms with Gasteiger partial charge in [-0.15, -0.1) is 0 Å². The molecule has 3 aromatic carbocycles. The molecule has 0 aliphatic carbocycles. The standard InChI is InChI=1S/C24H23Cl2NO3/c1-3-29-23-13-6-18(14-19(23)15-30-22-11-9-21(26)10-12-22)24(28)27-16(2)17-4-7-20(25)8-5-17/h4-14,16H,3,15H2,1-2H3,(H,27,28)/t16-/m1/s1. The van der Waals surface area contributed by atoms with Gasteiger partial charge in [0.1, 0.15) is 18.1 Å². The van der Waals surface area contributed by atoms with Crippen molar-refractivity contribution in [3.63, 3.8) is 0 Å². The van der Waals surface area contributed by atoms with E-state index in [9.17, 15) is 4.79 Å². The highest BCUT2D eigenvalue weighted by Gasteiger charge is 2.14. The molecule has 3 aromatic rings. The molecule has 0 unspecified atom stereocenters. The Balaban J connectivity index is 1.73.